The fourth-order valence-electron chi connectivity index (χ4n) is 2.83. The first kappa shape index (κ1) is 17.8. The lowest BCUT2D eigenvalue weighted by molar-refractivity contribution is -0.333. The minimum atomic E-state index is -2.15. The molecule has 2 aliphatic rings. The van der Waals surface area contributed by atoms with Gasteiger partial charge in [0.2, 0.25) is 5.78 Å². The summed E-state index contributed by atoms with van der Waals surface area (Å²) < 4.78 is 17.6. The zero-order valence-corrected chi connectivity index (χ0v) is 15.7. The van der Waals surface area contributed by atoms with E-state index in [4.69, 9.17) is 14.2 Å². The molecular weight excluding hydrogens is 452 g/mol. The number of methoxy groups -OCH3 is 1. The normalized spacial score (nSPS) is 28.4. The molecule has 2 atom stereocenters. The Morgan fingerprint density at radius 3 is 2.54 bits per heavy atom. The Bertz CT molecular complexity index is 748. The molecule has 7 nitrogen and oxygen atoms in total. The topological polar surface area (TPSA) is 105 Å². The number of carbonyl (C=O) groups excluding carboxylic acids is 1. The summed E-state index contributed by atoms with van der Waals surface area (Å²) in [6.07, 6.45) is 1.00. The van der Waals surface area contributed by atoms with Gasteiger partial charge in [0, 0.05) is 18.0 Å². The van der Waals surface area contributed by atoms with E-state index in [1.807, 2.05) is 0 Å². The number of rotatable bonds is 3. The first-order valence-electron chi connectivity index (χ1n) is 6.94. The minimum absolute atomic E-state index is 0.134. The molecule has 1 aliphatic carbocycles. The molecule has 2 unspecified atom stereocenters. The molecule has 0 spiro atoms. The van der Waals surface area contributed by atoms with Gasteiger partial charge in [-0.25, -0.2) is 0 Å². The summed E-state index contributed by atoms with van der Waals surface area (Å²) in [5, 5.41) is 29.7. The van der Waals surface area contributed by atoms with Crippen LogP contribution >= 0.6 is 31.9 Å². The van der Waals surface area contributed by atoms with Crippen LogP contribution in [0.3, 0.4) is 0 Å². The largest absolute Gasteiger partial charge is 0.449 e. The smallest absolute Gasteiger partial charge is 0.342 e. The van der Waals surface area contributed by atoms with E-state index in [9.17, 15) is 20.1 Å². The van der Waals surface area contributed by atoms with Crippen molar-refractivity contribution in [2.24, 2.45) is 0 Å². The van der Waals surface area contributed by atoms with Crippen LogP contribution in [0.15, 0.2) is 26.7 Å². The second-order valence-corrected chi connectivity index (χ2v) is 7.05. The average molecular weight is 466 g/mol. The van der Waals surface area contributed by atoms with E-state index in [0.29, 0.717) is 20.1 Å². The Balaban J connectivity index is 2.20. The van der Waals surface area contributed by atoms with E-state index in [1.165, 1.54) is 19.3 Å². The molecule has 3 N–H and O–H groups in total. The number of ketones is 1. The highest BCUT2D eigenvalue weighted by Crippen LogP contribution is 2.52. The second-order valence-electron chi connectivity index (χ2n) is 5.46. The predicted molar refractivity (Wildman–Crippen MR) is 88.5 cm³/mol. The van der Waals surface area contributed by atoms with Gasteiger partial charge in [-0.15, -0.1) is 0 Å². The van der Waals surface area contributed by atoms with Crippen LogP contribution in [0.2, 0.25) is 0 Å². The quantitative estimate of drug-likeness (QED) is 0.619. The van der Waals surface area contributed by atoms with Crippen LogP contribution in [-0.2, 0) is 16.1 Å². The highest BCUT2D eigenvalue weighted by Gasteiger charge is 2.66. The fraction of sp³-hybridized carbons (Fsp3) is 0.400. The molecule has 1 aromatic rings. The van der Waals surface area contributed by atoms with Gasteiger partial charge in [-0.05, 0) is 55.1 Å². The molecule has 1 heterocycles. The van der Waals surface area contributed by atoms with Gasteiger partial charge in [-0.3, -0.25) is 4.79 Å². The van der Waals surface area contributed by atoms with Crippen molar-refractivity contribution in [1.82, 2.24) is 0 Å². The number of benzene rings is 1. The van der Waals surface area contributed by atoms with Gasteiger partial charge in [0.05, 0.1) is 17.7 Å². The van der Waals surface area contributed by atoms with Gasteiger partial charge in [-0.2, -0.15) is 0 Å². The SMILES string of the molecule is COC12Oc3cc(CO)c(Br)c(Br)c3OC1(O)CC(CO)=CC2=O. The maximum Gasteiger partial charge on any atom is 0.342 e. The molecule has 130 valence electrons. The summed E-state index contributed by atoms with van der Waals surface area (Å²) in [5.74, 6) is -4.64. The van der Waals surface area contributed by atoms with Crippen molar-refractivity contribution >= 4 is 37.6 Å². The number of hydrogen-bond acceptors (Lipinski definition) is 7. The van der Waals surface area contributed by atoms with E-state index >= 15 is 0 Å². The number of ether oxygens (including phenoxy) is 3. The van der Waals surface area contributed by atoms with Crippen molar-refractivity contribution in [3.05, 3.63) is 32.2 Å². The highest BCUT2D eigenvalue weighted by molar-refractivity contribution is 9.13. The summed E-state index contributed by atoms with van der Waals surface area (Å²) >= 11 is 6.64. The van der Waals surface area contributed by atoms with E-state index in [2.05, 4.69) is 31.9 Å². The summed E-state index contributed by atoms with van der Waals surface area (Å²) in [4.78, 5) is 12.5. The molecule has 1 aliphatic heterocycles. The molecule has 1 aromatic carbocycles. The molecule has 0 radical (unpaired) electrons. The van der Waals surface area contributed by atoms with E-state index in [0.717, 1.165) is 0 Å². The number of carbonyl (C=O) groups is 1. The van der Waals surface area contributed by atoms with Crippen LogP contribution < -0.4 is 9.47 Å². The third kappa shape index (κ3) is 2.34. The predicted octanol–water partition coefficient (Wildman–Crippen LogP) is 1.40. The van der Waals surface area contributed by atoms with E-state index in [-0.39, 0.29) is 24.5 Å². The van der Waals surface area contributed by atoms with Gasteiger partial charge < -0.3 is 29.5 Å². The molecule has 9 heteroatoms. The van der Waals surface area contributed by atoms with Gasteiger partial charge >= 0.3 is 5.79 Å². The summed E-state index contributed by atoms with van der Waals surface area (Å²) in [6.45, 7) is -0.680. The van der Waals surface area contributed by atoms with Crippen LogP contribution in [0, 0.1) is 0 Å². The van der Waals surface area contributed by atoms with Crippen molar-refractivity contribution in [3.8, 4) is 11.5 Å². The monoisotopic (exact) mass is 464 g/mol. The van der Waals surface area contributed by atoms with Crippen molar-refractivity contribution in [3.63, 3.8) is 0 Å². The number of aliphatic hydroxyl groups is 3. The Labute approximate surface area is 154 Å². The van der Waals surface area contributed by atoms with Crippen LogP contribution in [0.1, 0.15) is 12.0 Å². The number of aliphatic hydroxyl groups excluding tert-OH is 2. The lowest BCUT2D eigenvalue weighted by atomic mass is 9.85. The molecule has 0 saturated heterocycles. The molecule has 0 bridgehead atoms. The Morgan fingerprint density at radius 2 is 1.96 bits per heavy atom. The van der Waals surface area contributed by atoms with Gasteiger partial charge in [0.1, 0.15) is 0 Å². The van der Waals surface area contributed by atoms with Crippen molar-refractivity contribution in [1.29, 1.82) is 0 Å². The molecule has 0 amide bonds. The van der Waals surface area contributed by atoms with E-state index in [1.54, 1.807) is 0 Å². The van der Waals surface area contributed by atoms with Crippen LogP contribution in [0.25, 0.3) is 0 Å². The standard InChI is InChI=1S/C15H14Br2O7/c1-22-15-10(20)2-7(5-18)4-14(15,21)24-13-9(23-15)3-8(6-19)11(16)12(13)17/h2-3,18-19,21H,4-6H2,1H3. The Morgan fingerprint density at radius 1 is 1.25 bits per heavy atom. The van der Waals surface area contributed by atoms with Crippen LogP contribution in [-0.4, -0.2) is 46.4 Å². The Hall–Kier alpha value is -0.970. The summed E-state index contributed by atoms with van der Waals surface area (Å²) in [5.41, 5.74) is 0.792. The van der Waals surface area contributed by atoms with Crippen molar-refractivity contribution < 1.29 is 34.3 Å². The van der Waals surface area contributed by atoms with Gasteiger partial charge in [0.15, 0.2) is 11.5 Å². The molecule has 24 heavy (non-hydrogen) atoms. The lowest BCUT2D eigenvalue weighted by Gasteiger charge is -2.48. The third-order valence-corrected chi connectivity index (χ3v) is 6.22. The van der Waals surface area contributed by atoms with Gasteiger partial charge in [0.25, 0.3) is 5.79 Å². The van der Waals surface area contributed by atoms with Crippen LogP contribution in [0.4, 0.5) is 0 Å². The maximum absolute atomic E-state index is 12.5. The summed E-state index contributed by atoms with van der Waals surface area (Å²) in [6, 6.07) is 1.49. The number of fused-ring (bicyclic) bond motifs is 2. The molecular formula is C15H14Br2O7. The van der Waals surface area contributed by atoms with E-state index < -0.39 is 24.0 Å². The zero-order chi connectivity index (χ0) is 17.7. The molecule has 0 saturated carbocycles. The molecule has 0 aromatic heterocycles. The second kappa shape index (κ2) is 6.08. The van der Waals surface area contributed by atoms with Crippen molar-refractivity contribution in [2.45, 2.75) is 24.6 Å². The minimum Gasteiger partial charge on any atom is -0.449 e. The maximum atomic E-state index is 12.5. The molecule has 3 rings (SSSR count). The number of halogens is 2. The van der Waals surface area contributed by atoms with Crippen LogP contribution in [0.5, 0.6) is 11.5 Å². The zero-order valence-electron chi connectivity index (χ0n) is 12.5. The molecule has 0 fully saturated rings. The summed E-state index contributed by atoms with van der Waals surface area (Å²) in [7, 11) is 1.22. The Kier molecular flexibility index (Phi) is 4.52. The van der Waals surface area contributed by atoms with Crippen molar-refractivity contribution in [2.75, 3.05) is 13.7 Å². The lowest BCUT2D eigenvalue weighted by Crippen LogP contribution is -2.70. The van der Waals surface area contributed by atoms with Gasteiger partial charge in [-0.1, -0.05) is 0 Å². The first-order valence-corrected chi connectivity index (χ1v) is 8.52. The third-order valence-electron chi connectivity index (χ3n) is 4.03. The fourth-order valence-corrected chi connectivity index (χ4v) is 3.78. The first-order chi connectivity index (χ1) is 11.3. The average Bonchev–Trinajstić information content (AvgIpc) is 2.57. The number of hydrogen-bond donors (Lipinski definition) is 3. The highest BCUT2D eigenvalue weighted by atomic mass is 79.9.